The molecular formula is C15H11BrN2O3S. The first-order valence-corrected chi connectivity index (χ1v) is 8.64. The second-order valence-electron chi connectivity index (χ2n) is 4.64. The molecule has 22 heavy (non-hydrogen) atoms. The first-order valence-electron chi connectivity index (χ1n) is 6.37. The summed E-state index contributed by atoms with van der Waals surface area (Å²) in [5.41, 5.74) is 0.494. The van der Waals surface area contributed by atoms with Crippen LogP contribution in [0.2, 0.25) is 0 Å². The number of hydrogen-bond donors (Lipinski definition) is 1. The van der Waals surface area contributed by atoms with Crippen LogP contribution in [0.3, 0.4) is 0 Å². The molecule has 0 aliphatic heterocycles. The third-order valence-electron chi connectivity index (χ3n) is 3.12. The van der Waals surface area contributed by atoms with Crippen LogP contribution in [-0.2, 0) is 10.0 Å². The zero-order chi connectivity index (χ0) is 15.7. The first kappa shape index (κ1) is 14.8. The molecule has 0 bridgehead atoms. The predicted octanol–water partition coefficient (Wildman–Crippen LogP) is 3.04. The molecule has 7 heteroatoms. The molecule has 3 aromatic rings. The average molecular weight is 379 g/mol. The van der Waals surface area contributed by atoms with Gasteiger partial charge in [0.2, 0.25) is 5.52 Å². The molecule has 0 spiro atoms. The topological polar surface area (TPSA) is 73.1 Å². The Bertz CT molecular complexity index is 944. The Labute approximate surface area is 136 Å². The van der Waals surface area contributed by atoms with Crippen LogP contribution < -0.4 is 9.45 Å². The zero-order valence-corrected chi connectivity index (χ0v) is 13.6. The van der Waals surface area contributed by atoms with E-state index in [1.807, 2.05) is 0 Å². The number of pyridine rings is 1. The fraction of sp³-hybridized carbons (Fsp3) is 0. The number of fused-ring (bicyclic) bond motifs is 1. The second-order valence-corrected chi connectivity index (χ2v) is 7.24. The maximum absolute atomic E-state index is 12.4. The SMILES string of the molecule is O=S(=O)(Nc1cc(Br)cc2ccc[n+]([O-])c12)c1ccccc1. The molecule has 5 nitrogen and oxygen atoms in total. The number of nitrogens with zero attached hydrogens (tertiary/aromatic N) is 1. The highest BCUT2D eigenvalue weighted by atomic mass is 79.9. The highest BCUT2D eigenvalue weighted by molar-refractivity contribution is 9.10. The minimum atomic E-state index is -3.76. The number of sulfonamides is 1. The Balaban J connectivity index is 2.15. The van der Waals surface area contributed by atoms with E-state index in [4.69, 9.17) is 0 Å². The molecule has 0 saturated heterocycles. The van der Waals surface area contributed by atoms with Gasteiger partial charge in [0.1, 0.15) is 5.69 Å². The average Bonchev–Trinajstić information content (AvgIpc) is 2.47. The molecule has 0 radical (unpaired) electrons. The van der Waals surface area contributed by atoms with Crippen molar-refractivity contribution in [1.82, 2.24) is 0 Å². The van der Waals surface area contributed by atoms with Crippen LogP contribution in [0, 0.1) is 5.21 Å². The Morgan fingerprint density at radius 3 is 2.50 bits per heavy atom. The standard InChI is InChI=1S/C15H11BrN2O3S/c16-12-9-11-5-4-8-18(19)15(11)14(10-12)17-22(20,21)13-6-2-1-3-7-13/h1-10,17H. The summed E-state index contributed by atoms with van der Waals surface area (Å²) in [5, 5.41) is 12.6. The lowest BCUT2D eigenvalue weighted by Crippen LogP contribution is -2.27. The summed E-state index contributed by atoms with van der Waals surface area (Å²) < 4.78 is 28.7. The first-order chi connectivity index (χ1) is 10.5. The highest BCUT2D eigenvalue weighted by Gasteiger charge is 2.19. The van der Waals surface area contributed by atoms with Gasteiger partial charge >= 0.3 is 0 Å². The van der Waals surface area contributed by atoms with E-state index in [9.17, 15) is 13.6 Å². The Kier molecular flexibility index (Phi) is 3.76. The number of anilines is 1. The molecule has 1 heterocycles. The molecule has 1 aromatic heterocycles. The van der Waals surface area contributed by atoms with Crippen molar-refractivity contribution in [3.63, 3.8) is 0 Å². The van der Waals surface area contributed by atoms with E-state index in [1.165, 1.54) is 18.3 Å². The summed E-state index contributed by atoms with van der Waals surface area (Å²) in [6.07, 6.45) is 1.33. The van der Waals surface area contributed by atoms with Crippen molar-refractivity contribution < 1.29 is 13.1 Å². The van der Waals surface area contributed by atoms with Gasteiger partial charge < -0.3 is 5.21 Å². The van der Waals surface area contributed by atoms with Crippen LogP contribution in [0.1, 0.15) is 0 Å². The van der Waals surface area contributed by atoms with Crippen LogP contribution >= 0.6 is 15.9 Å². The smallest absolute Gasteiger partial charge is 0.262 e. The summed E-state index contributed by atoms with van der Waals surface area (Å²) in [7, 11) is -3.76. The van der Waals surface area contributed by atoms with Crippen molar-refractivity contribution in [2.75, 3.05) is 4.72 Å². The number of aromatic nitrogens is 1. The Hall–Kier alpha value is -2.12. The van der Waals surface area contributed by atoms with Crippen molar-refractivity contribution in [3.8, 4) is 0 Å². The minimum absolute atomic E-state index is 0.136. The highest BCUT2D eigenvalue weighted by Crippen LogP contribution is 2.27. The normalized spacial score (nSPS) is 11.5. The van der Waals surface area contributed by atoms with E-state index in [0.29, 0.717) is 14.6 Å². The van der Waals surface area contributed by atoms with Crippen LogP contribution in [0.25, 0.3) is 10.9 Å². The Morgan fingerprint density at radius 2 is 1.77 bits per heavy atom. The van der Waals surface area contributed by atoms with Crippen LogP contribution in [0.5, 0.6) is 0 Å². The molecule has 0 aliphatic carbocycles. The molecule has 112 valence electrons. The minimum Gasteiger partial charge on any atom is -0.618 e. The predicted molar refractivity (Wildman–Crippen MR) is 87.9 cm³/mol. The molecule has 2 aromatic carbocycles. The maximum atomic E-state index is 12.4. The maximum Gasteiger partial charge on any atom is 0.262 e. The van der Waals surface area contributed by atoms with E-state index in [1.54, 1.807) is 42.5 Å². The molecule has 0 aliphatic rings. The van der Waals surface area contributed by atoms with Crippen molar-refractivity contribution in [2.45, 2.75) is 4.90 Å². The van der Waals surface area contributed by atoms with Crippen molar-refractivity contribution >= 4 is 42.5 Å². The van der Waals surface area contributed by atoms with Gasteiger partial charge in [0.25, 0.3) is 10.0 Å². The van der Waals surface area contributed by atoms with Gasteiger partial charge in [0.15, 0.2) is 6.20 Å². The van der Waals surface area contributed by atoms with Gasteiger partial charge in [-0.15, -0.1) is 0 Å². The molecule has 3 rings (SSSR count). The molecule has 0 unspecified atom stereocenters. The van der Waals surface area contributed by atoms with Gasteiger partial charge in [0, 0.05) is 10.5 Å². The van der Waals surface area contributed by atoms with E-state index in [-0.39, 0.29) is 16.1 Å². The summed E-state index contributed by atoms with van der Waals surface area (Å²) in [6, 6.07) is 14.7. The van der Waals surface area contributed by atoms with E-state index < -0.39 is 10.0 Å². The summed E-state index contributed by atoms with van der Waals surface area (Å²) in [4.78, 5) is 0.136. The second kappa shape index (κ2) is 5.58. The third kappa shape index (κ3) is 2.77. The van der Waals surface area contributed by atoms with Gasteiger partial charge in [-0.2, -0.15) is 4.73 Å². The van der Waals surface area contributed by atoms with Crippen molar-refractivity contribution in [3.05, 3.63) is 70.5 Å². The zero-order valence-electron chi connectivity index (χ0n) is 11.2. The lowest BCUT2D eigenvalue weighted by molar-refractivity contribution is -0.576. The van der Waals surface area contributed by atoms with Gasteiger partial charge in [-0.1, -0.05) is 34.1 Å². The summed E-state index contributed by atoms with van der Waals surface area (Å²) >= 11 is 3.33. The molecule has 0 fully saturated rings. The quantitative estimate of drug-likeness (QED) is 0.562. The number of rotatable bonds is 3. The fourth-order valence-corrected chi connectivity index (χ4v) is 3.73. The van der Waals surface area contributed by atoms with Crippen LogP contribution in [0.4, 0.5) is 5.69 Å². The van der Waals surface area contributed by atoms with E-state index >= 15 is 0 Å². The largest absolute Gasteiger partial charge is 0.618 e. The number of benzene rings is 2. The van der Waals surface area contributed by atoms with Gasteiger partial charge in [-0.05, 0) is 30.3 Å². The fourth-order valence-electron chi connectivity index (χ4n) is 2.17. The van der Waals surface area contributed by atoms with Gasteiger partial charge in [0.05, 0.1) is 10.3 Å². The van der Waals surface area contributed by atoms with Crippen molar-refractivity contribution in [2.24, 2.45) is 0 Å². The molecule has 0 atom stereocenters. The van der Waals surface area contributed by atoms with Gasteiger partial charge in [-0.25, -0.2) is 8.42 Å². The van der Waals surface area contributed by atoms with Crippen LogP contribution in [0.15, 0.2) is 70.2 Å². The number of hydrogen-bond acceptors (Lipinski definition) is 3. The third-order valence-corrected chi connectivity index (χ3v) is 4.96. The summed E-state index contributed by atoms with van der Waals surface area (Å²) in [5.74, 6) is 0. The summed E-state index contributed by atoms with van der Waals surface area (Å²) in [6.45, 7) is 0. The molecular weight excluding hydrogens is 368 g/mol. The lowest BCUT2D eigenvalue weighted by atomic mass is 10.2. The number of nitrogens with one attached hydrogen (secondary N) is 1. The van der Waals surface area contributed by atoms with E-state index in [2.05, 4.69) is 20.7 Å². The van der Waals surface area contributed by atoms with Gasteiger partial charge in [-0.3, -0.25) is 4.72 Å². The monoisotopic (exact) mass is 378 g/mol. The van der Waals surface area contributed by atoms with E-state index in [0.717, 1.165) is 0 Å². The molecule has 1 N–H and O–H groups in total. The van der Waals surface area contributed by atoms with Crippen molar-refractivity contribution in [1.29, 1.82) is 0 Å². The number of halogens is 1. The lowest BCUT2D eigenvalue weighted by Gasteiger charge is -2.11. The molecule has 0 saturated carbocycles. The Morgan fingerprint density at radius 1 is 1.05 bits per heavy atom. The molecule has 0 amide bonds. The van der Waals surface area contributed by atoms with Crippen LogP contribution in [-0.4, -0.2) is 8.42 Å².